The van der Waals surface area contributed by atoms with Gasteiger partial charge in [0.25, 0.3) is 0 Å². The van der Waals surface area contributed by atoms with Gasteiger partial charge >= 0.3 is 0 Å². The molecule has 2 fully saturated rings. The van der Waals surface area contributed by atoms with Gasteiger partial charge < -0.3 is 5.32 Å². The highest BCUT2D eigenvalue weighted by Gasteiger charge is 2.39. The quantitative estimate of drug-likeness (QED) is 0.750. The summed E-state index contributed by atoms with van der Waals surface area (Å²) < 4.78 is 25.3. The molecule has 0 radical (unpaired) electrons. The lowest BCUT2D eigenvalue weighted by molar-refractivity contribution is 0.431. The maximum atomic E-state index is 11.8. The van der Waals surface area contributed by atoms with Crippen LogP contribution < -0.4 is 5.32 Å². The van der Waals surface area contributed by atoms with Gasteiger partial charge in [0.15, 0.2) is 0 Å². The topological polar surface area (TPSA) is 49.4 Å². The van der Waals surface area contributed by atoms with Crippen LogP contribution in [0.1, 0.15) is 19.3 Å². The third-order valence-corrected chi connectivity index (χ3v) is 5.00. The van der Waals surface area contributed by atoms with E-state index in [1.165, 1.54) is 0 Å². The van der Waals surface area contributed by atoms with Crippen LogP contribution in [-0.4, -0.2) is 44.2 Å². The molecule has 0 aromatic heterocycles. The van der Waals surface area contributed by atoms with Crippen molar-refractivity contribution in [1.82, 2.24) is 9.62 Å². The van der Waals surface area contributed by atoms with E-state index >= 15 is 0 Å². The molecule has 1 aliphatic carbocycles. The Kier molecular flexibility index (Phi) is 4.18. The molecule has 1 N–H and O–H groups in total. The number of halogens is 1. The number of nitrogens with one attached hydrogen (secondary N) is 1. The maximum Gasteiger partial charge on any atom is 0.217 e. The van der Waals surface area contributed by atoms with Crippen molar-refractivity contribution in [2.24, 2.45) is 0 Å². The predicted molar refractivity (Wildman–Crippen MR) is 58.2 cm³/mol. The van der Waals surface area contributed by atoms with Crippen LogP contribution in [-0.2, 0) is 10.0 Å². The first kappa shape index (κ1) is 12.2. The number of sulfonamides is 1. The third kappa shape index (κ3) is 2.59. The molecule has 0 aromatic rings. The Hall–Kier alpha value is 0.160. The van der Waals surface area contributed by atoms with Crippen LogP contribution in [0.25, 0.3) is 0 Å². The van der Waals surface area contributed by atoms with E-state index in [1.54, 1.807) is 4.31 Å². The van der Waals surface area contributed by atoms with Gasteiger partial charge in [0, 0.05) is 19.6 Å². The number of nitrogens with zero attached hydrogens (tertiary/aromatic N) is 1. The van der Waals surface area contributed by atoms with Crippen molar-refractivity contribution in [3.05, 3.63) is 0 Å². The van der Waals surface area contributed by atoms with E-state index in [9.17, 15) is 8.42 Å². The van der Waals surface area contributed by atoms with Crippen LogP contribution in [0.5, 0.6) is 0 Å². The van der Waals surface area contributed by atoms with Gasteiger partial charge in [-0.15, -0.1) is 12.4 Å². The Labute approximate surface area is 91.5 Å². The third-order valence-electron chi connectivity index (χ3n) is 2.60. The summed E-state index contributed by atoms with van der Waals surface area (Å²) in [6, 6.07) is 0. The predicted octanol–water partition coefficient (Wildman–Crippen LogP) is 0.196. The van der Waals surface area contributed by atoms with Crippen LogP contribution in [0.4, 0.5) is 0 Å². The normalized spacial score (nSPS) is 25.1. The summed E-state index contributed by atoms with van der Waals surface area (Å²) in [6.45, 7) is 3.09. The average molecular weight is 241 g/mol. The van der Waals surface area contributed by atoms with Gasteiger partial charge in [-0.2, -0.15) is 0 Å². The highest BCUT2D eigenvalue weighted by atomic mass is 35.5. The summed E-state index contributed by atoms with van der Waals surface area (Å²) in [5.74, 6) is 0. The van der Waals surface area contributed by atoms with Crippen molar-refractivity contribution >= 4 is 22.4 Å². The Morgan fingerprint density at radius 3 is 2.50 bits per heavy atom. The van der Waals surface area contributed by atoms with Gasteiger partial charge in [-0.1, -0.05) is 0 Å². The molecule has 6 heteroatoms. The zero-order valence-electron chi connectivity index (χ0n) is 8.11. The standard InChI is InChI=1S/C8H16N2O2S.ClH/c11-13(12,8-2-3-8)10-6-1-4-9-5-7-10;/h8-9H,1-7H2;1H. The zero-order chi connectivity index (χ0) is 9.31. The molecule has 14 heavy (non-hydrogen) atoms. The molecule has 4 nitrogen and oxygen atoms in total. The van der Waals surface area contributed by atoms with E-state index in [4.69, 9.17) is 0 Å². The van der Waals surface area contributed by atoms with Gasteiger partial charge in [-0.25, -0.2) is 12.7 Å². The second-order valence-electron chi connectivity index (χ2n) is 3.75. The Bertz CT molecular complexity index is 269. The fraction of sp³-hybridized carbons (Fsp3) is 1.00. The lowest BCUT2D eigenvalue weighted by atomic mass is 10.4. The van der Waals surface area contributed by atoms with Gasteiger partial charge in [-0.3, -0.25) is 0 Å². The first-order valence-corrected chi connectivity index (χ1v) is 6.41. The number of rotatable bonds is 2. The van der Waals surface area contributed by atoms with Crippen molar-refractivity contribution in [3.63, 3.8) is 0 Å². The van der Waals surface area contributed by atoms with E-state index in [2.05, 4.69) is 5.32 Å². The van der Waals surface area contributed by atoms with Crippen LogP contribution in [0.15, 0.2) is 0 Å². The van der Waals surface area contributed by atoms with Crippen LogP contribution >= 0.6 is 12.4 Å². The molecule has 1 saturated heterocycles. The second kappa shape index (κ2) is 4.79. The Morgan fingerprint density at radius 1 is 1.14 bits per heavy atom. The SMILES string of the molecule is Cl.O=S(=O)(C1CC1)N1CCCNCC1. The smallest absolute Gasteiger partial charge is 0.217 e. The second-order valence-corrected chi connectivity index (χ2v) is 5.96. The van der Waals surface area contributed by atoms with E-state index < -0.39 is 10.0 Å². The van der Waals surface area contributed by atoms with Crippen molar-refractivity contribution in [1.29, 1.82) is 0 Å². The Morgan fingerprint density at radius 2 is 1.86 bits per heavy atom. The highest BCUT2D eigenvalue weighted by molar-refractivity contribution is 7.90. The molecule has 0 atom stereocenters. The van der Waals surface area contributed by atoms with Gasteiger partial charge in [-0.05, 0) is 25.8 Å². The molecule has 1 saturated carbocycles. The lowest BCUT2D eigenvalue weighted by Gasteiger charge is -2.18. The molecule has 0 amide bonds. The molecule has 0 unspecified atom stereocenters. The molecule has 84 valence electrons. The number of hydrogen-bond donors (Lipinski definition) is 1. The summed E-state index contributed by atoms with van der Waals surface area (Å²) >= 11 is 0. The van der Waals surface area contributed by atoms with Crippen molar-refractivity contribution in [2.45, 2.75) is 24.5 Å². The molecular weight excluding hydrogens is 224 g/mol. The molecule has 2 rings (SSSR count). The van der Waals surface area contributed by atoms with Gasteiger partial charge in [0.1, 0.15) is 0 Å². The summed E-state index contributed by atoms with van der Waals surface area (Å²) in [6.07, 6.45) is 2.67. The molecule has 0 aromatic carbocycles. The van der Waals surface area contributed by atoms with Crippen molar-refractivity contribution in [2.75, 3.05) is 26.2 Å². The minimum Gasteiger partial charge on any atom is -0.315 e. The highest BCUT2D eigenvalue weighted by Crippen LogP contribution is 2.30. The van der Waals surface area contributed by atoms with Gasteiger partial charge in [0.2, 0.25) is 10.0 Å². The zero-order valence-corrected chi connectivity index (χ0v) is 9.74. The molecule has 2 aliphatic rings. The van der Waals surface area contributed by atoms with Gasteiger partial charge in [0.05, 0.1) is 5.25 Å². The van der Waals surface area contributed by atoms with E-state index in [0.717, 1.165) is 32.4 Å². The van der Waals surface area contributed by atoms with E-state index in [1.807, 2.05) is 0 Å². The fourth-order valence-electron chi connectivity index (χ4n) is 1.65. The molecule has 1 aliphatic heterocycles. The molecule has 0 bridgehead atoms. The summed E-state index contributed by atoms with van der Waals surface area (Å²) in [5, 5.41) is 3.15. The average Bonchev–Trinajstić information content (AvgIpc) is 2.93. The molecule has 1 heterocycles. The fourth-order valence-corrected chi connectivity index (χ4v) is 3.53. The monoisotopic (exact) mass is 240 g/mol. The summed E-state index contributed by atoms with van der Waals surface area (Å²) in [7, 11) is -2.92. The largest absolute Gasteiger partial charge is 0.315 e. The van der Waals surface area contributed by atoms with E-state index in [0.29, 0.717) is 13.1 Å². The minimum absolute atomic E-state index is 0. The summed E-state index contributed by atoms with van der Waals surface area (Å²) in [5.41, 5.74) is 0. The van der Waals surface area contributed by atoms with Crippen LogP contribution in [0, 0.1) is 0 Å². The first-order chi connectivity index (χ1) is 6.21. The van der Waals surface area contributed by atoms with Crippen LogP contribution in [0.2, 0.25) is 0 Å². The summed E-state index contributed by atoms with van der Waals surface area (Å²) in [4.78, 5) is 0. The number of hydrogen-bond acceptors (Lipinski definition) is 3. The van der Waals surface area contributed by atoms with E-state index in [-0.39, 0.29) is 17.7 Å². The van der Waals surface area contributed by atoms with Crippen molar-refractivity contribution in [3.8, 4) is 0 Å². The molecule has 0 spiro atoms. The Balaban J connectivity index is 0.000000980. The lowest BCUT2D eigenvalue weighted by Crippen LogP contribution is -2.36. The van der Waals surface area contributed by atoms with Crippen molar-refractivity contribution < 1.29 is 8.42 Å². The van der Waals surface area contributed by atoms with Crippen LogP contribution in [0.3, 0.4) is 0 Å². The minimum atomic E-state index is -2.92. The maximum absolute atomic E-state index is 11.8. The molecular formula is C8H17ClN2O2S. The first-order valence-electron chi connectivity index (χ1n) is 4.91.